The van der Waals surface area contributed by atoms with Crippen LogP contribution < -0.4 is 11.1 Å². The fourth-order valence-corrected chi connectivity index (χ4v) is 2.36. The summed E-state index contributed by atoms with van der Waals surface area (Å²) in [5.74, 6) is 0.279. The summed E-state index contributed by atoms with van der Waals surface area (Å²) in [6.07, 6.45) is 0.856. The molecule has 0 aliphatic rings. The van der Waals surface area contributed by atoms with Crippen molar-refractivity contribution in [3.63, 3.8) is 0 Å². The van der Waals surface area contributed by atoms with Gasteiger partial charge >= 0.3 is 0 Å². The molecule has 0 atom stereocenters. The molecule has 4 N–H and O–H groups in total. The first-order valence-corrected chi connectivity index (χ1v) is 6.96. The van der Waals surface area contributed by atoms with E-state index in [1.807, 2.05) is 30.3 Å². The molecule has 5 heteroatoms. The summed E-state index contributed by atoms with van der Waals surface area (Å²) >= 11 is 11.0. The van der Waals surface area contributed by atoms with Gasteiger partial charge in [0, 0.05) is 17.8 Å². The highest BCUT2D eigenvalue weighted by Crippen LogP contribution is 2.21. The predicted octanol–water partition coefficient (Wildman–Crippen LogP) is 3.33. The second-order valence-electron chi connectivity index (χ2n) is 4.40. The molecular formula is C15H15ClN2OS. The predicted molar refractivity (Wildman–Crippen MR) is 87.6 cm³/mol. The van der Waals surface area contributed by atoms with Crippen molar-refractivity contribution in [1.82, 2.24) is 0 Å². The van der Waals surface area contributed by atoms with Crippen molar-refractivity contribution in [2.24, 2.45) is 5.73 Å². The number of halogens is 1. The summed E-state index contributed by atoms with van der Waals surface area (Å²) in [6, 6.07) is 12.7. The first-order chi connectivity index (χ1) is 9.56. The number of benzene rings is 2. The smallest absolute Gasteiger partial charge is 0.115 e. The molecule has 0 fully saturated rings. The Morgan fingerprint density at radius 1 is 1.20 bits per heavy atom. The van der Waals surface area contributed by atoms with Crippen LogP contribution in [0.4, 0.5) is 5.69 Å². The molecule has 0 aliphatic heterocycles. The molecule has 0 amide bonds. The van der Waals surface area contributed by atoms with Crippen LogP contribution in [0.25, 0.3) is 0 Å². The van der Waals surface area contributed by atoms with Crippen LogP contribution >= 0.6 is 23.8 Å². The topological polar surface area (TPSA) is 58.3 Å². The Morgan fingerprint density at radius 2 is 1.90 bits per heavy atom. The number of phenolic OH excluding ortho intramolecular Hbond substituents is 1. The zero-order chi connectivity index (χ0) is 14.5. The van der Waals surface area contributed by atoms with E-state index in [9.17, 15) is 5.11 Å². The van der Waals surface area contributed by atoms with Crippen molar-refractivity contribution in [2.45, 2.75) is 6.42 Å². The Bertz CT molecular complexity index is 614. The van der Waals surface area contributed by atoms with Gasteiger partial charge in [-0.2, -0.15) is 0 Å². The van der Waals surface area contributed by atoms with E-state index in [0.717, 1.165) is 24.2 Å². The Labute approximate surface area is 128 Å². The van der Waals surface area contributed by atoms with Crippen LogP contribution in [0, 0.1) is 0 Å². The van der Waals surface area contributed by atoms with E-state index >= 15 is 0 Å². The van der Waals surface area contributed by atoms with Crippen molar-refractivity contribution >= 4 is 34.5 Å². The zero-order valence-corrected chi connectivity index (χ0v) is 12.3. The SMILES string of the molecule is NC(=S)c1ccc(NCCc2ccc(O)cc2)cc1Cl. The molecule has 0 spiro atoms. The monoisotopic (exact) mass is 306 g/mol. The largest absolute Gasteiger partial charge is 0.508 e. The fraction of sp³-hybridized carbons (Fsp3) is 0.133. The zero-order valence-electron chi connectivity index (χ0n) is 10.8. The fourth-order valence-electron chi connectivity index (χ4n) is 1.84. The van der Waals surface area contributed by atoms with Gasteiger partial charge in [-0.25, -0.2) is 0 Å². The van der Waals surface area contributed by atoms with E-state index in [1.54, 1.807) is 12.1 Å². The van der Waals surface area contributed by atoms with Crippen molar-refractivity contribution < 1.29 is 5.11 Å². The number of phenols is 1. The molecule has 0 saturated carbocycles. The van der Waals surface area contributed by atoms with Gasteiger partial charge in [-0.1, -0.05) is 36.0 Å². The molecule has 0 radical (unpaired) electrons. The molecule has 3 nitrogen and oxygen atoms in total. The third kappa shape index (κ3) is 3.85. The van der Waals surface area contributed by atoms with Crippen molar-refractivity contribution in [3.05, 3.63) is 58.6 Å². The number of hydrogen-bond acceptors (Lipinski definition) is 3. The minimum Gasteiger partial charge on any atom is -0.508 e. The van der Waals surface area contributed by atoms with E-state index < -0.39 is 0 Å². The van der Waals surface area contributed by atoms with Crippen molar-refractivity contribution in [1.29, 1.82) is 0 Å². The molecule has 2 aromatic carbocycles. The van der Waals surface area contributed by atoms with Gasteiger partial charge in [-0.05, 0) is 42.3 Å². The summed E-state index contributed by atoms with van der Waals surface area (Å²) in [6.45, 7) is 0.771. The van der Waals surface area contributed by atoms with E-state index in [2.05, 4.69) is 5.32 Å². The Hall–Kier alpha value is -1.78. The van der Waals surface area contributed by atoms with Gasteiger partial charge in [0.15, 0.2) is 0 Å². The third-order valence-corrected chi connectivity index (χ3v) is 3.45. The summed E-state index contributed by atoms with van der Waals surface area (Å²) in [7, 11) is 0. The average Bonchev–Trinajstić information content (AvgIpc) is 2.41. The maximum atomic E-state index is 9.21. The highest BCUT2D eigenvalue weighted by atomic mass is 35.5. The number of rotatable bonds is 5. The molecule has 0 unspecified atom stereocenters. The standard InChI is InChI=1S/C15H15ClN2OS/c16-14-9-11(3-6-13(14)15(17)20)18-8-7-10-1-4-12(19)5-2-10/h1-6,9,18-19H,7-8H2,(H2,17,20). The van der Waals surface area contributed by atoms with E-state index in [4.69, 9.17) is 29.6 Å². The van der Waals surface area contributed by atoms with Crippen LogP contribution in [0.15, 0.2) is 42.5 Å². The van der Waals surface area contributed by atoms with Crippen molar-refractivity contribution in [3.8, 4) is 5.75 Å². The molecule has 0 heterocycles. The van der Waals surface area contributed by atoms with Gasteiger partial charge in [0.05, 0.1) is 5.02 Å². The molecule has 2 aromatic rings. The van der Waals surface area contributed by atoms with Crippen LogP contribution in [0.2, 0.25) is 5.02 Å². The van der Waals surface area contributed by atoms with Gasteiger partial charge in [-0.3, -0.25) is 0 Å². The normalized spacial score (nSPS) is 10.2. The van der Waals surface area contributed by atoms with Crippen molar-refractivity contribution in [2.75, 3.05) is 11.9 Å². The number of nitrogens with two attached hydrogens (primary N) is 1. The number of hydrogen-bond donors (Lipinski definition) is 3. The Morgan fingerprint density at radius 3 is 2.50 bits per heavy atom. The van der Waals surface area contributed by atoms with E-state index in [0.29, 0.717) is 15.6 Å². The highest BCUT2D eigenvalue weighted by Gasteiger charge is 2.04. The number of aromatic hydroxyl groups is 1. The van der Waals surface area contributed by atoms with Crippen LogP contribution in [-0.4, -0.2) is 16.6 Å². The lowest BCUT2D eigenvalue weighted by molar-refractivity contribution is 0.475. The molecule has 2 rings (SSSR count). The molecule has 0 aromatic heterocycles. The summed E-state index contributed by atoms with van der Waals surface area (Å²) in [4.78, 5) is 0.297. The molecule has 104 valence electrons. The van der Waals surface area contributed by atoms with Gasteiger partial charge in [0.2, 0.25) is 0 Å². The molecule has 0 bridgehead atoms. The lowest BCUT2D eigenvalue weighted by Crippen LogP contribution is -2.10. The van der Waals surface area contributed by atoms with Gasteiger partial charge < -0.3 is 16.2 Å². The van der Waals surface area contributed by atoms with E-state index in [-0.39, 0.29) is 5.75 Å². The minimum atomic E-state index is 0.279. The van der Waals surface area contributed by atoms with E-state index in [1.165, 1.54) is 0 Å². The van der Waals surface area contributed by atoms with Gasteiger partial charge in [0.25, 0.3) is 0 Å². The maximum absolute atomic E-state index is 9.21. The van der Waals surface area contributed by atoms with Crippen LogP contribution in [0.3, 0.4) is 0 Å². The third-order valence-electron chi connectivity index (χ3n) is 2.91. The summed E-state index contributed by atoms with van der Waals surface area (Å²) < 4.78 is 0. The second kappa shape index (κ2) is 6.59. The quantitative estimate of drug-likeness (QED) is 0.742. The highest BCUT2D eigenvalue weighted by molar-refractivity contribution is 7.80. The summed E-state index contributed by atoms with van der Waals surface area (Å²) in [5.41, 5.74) is 8.32. The molecule has 20 heavy (non-hydrogen) atoms. The lowest BCUT2D eigenvalue weighted by Gasteiger charge is -2.09. The molecule has 0 saturated heterocycles. The van der Waals surface area contributed by atoms with Gasteiger partial charge in [-0.15, -0.1) is 0 Å². The van der Waals surface area contributed by atoms with Crippen LogP contribution in [-0.2, 0) is 6.42 Å². The lowest BCUT2D eigenvalue weighted by atomic mass is 10.1. The molecular weight excluding hydrogens is 292 g/mol. The Kier molecular flexibility index (Phi) is 4.82. The van der Waals surface area contributed by atoms with Gasteiger partial charge in [0.1, 0.15) is 10.7 Å². The number of thiocarbonyl (C=S) groups is 1. The number of anilines is 1. The Balaban J connectivity index is 1.92. The minimum absolute atomic E-state index is 0.279. The van der Waals surface area contributed by atoms with Crippen LogP contribution in [0.5, 0.6) is 5.75 Å². The summed E-state index contributed by atoms with van der Waals surface area (Å²) in [5, 5.41) is 13.0. The first kappa shape index (κ1) is 14.6. The maximum Gasteiger partial charge on any atom is 0.115 e. The molecule has 0 aliphatic carbocycles. The first-order valence-electron chi connectivity index (χ1n) is 6.17. The second-order valence-corrected chi connectivity index (χ2v) is 5.25. The van der Waals surface area contributed by atoms with Crippen LogP contribution in [0.1, 0.15) is 11.1 Å². The number of nitrogens with one attached hydrogen (secondary N) is 1. The average molecular weight is 307 g/mol.